The molecule has 1 aliphatic heterocycles. The number of imidazole rings is 1. The van der Waals surface area contributed by atoms with E-state index in [0.29, 0.717) is 24.5 Å². The number of halogens is 1. The molecule has 1 aliphatic rings. The predicted octanol–water partition coefficient (Wildman–Crippen LogP) is 2.25. The number of carbonyl (C=O) groups is 1. The molecule has 6 heteroatoms. The fourth-order valence-corrected chi connectivity index (χ4v) is 2.70. The van der Waals surface area contributed by atoms with Crippen LogP contribution >= 0.6 is 11.6 Å². The lowest BCUT2D eigenvalue weighted by Crippen LogP contribution is -2.25. The lowest BCUT2D eigenvalue weighted by atomic mass is 9.96. The molecule has 2 aromatic heterocycles. The molecule has 0 fully saturated rings. The highest BCUT2D eigenvalue weighted by atomic mass is 35.5. The molecular weight excluding hydrogens is 266 g/mol. The van der Waals surface area contributed by atoms with E-state index in [9.17, 15) is 4.79 Å². The van der Waals surface area contributed by atoms with Gasteiger partial charge in [-0.1, -0.05) is 11.6 Å². The molecule has 2 aromatic rings. The Balaban J connectivity index is 2.03. The number of carboxylic acid groups (broad SMARTS) is 1. The molecule has 3 rings (SSSR count). The molecule has 1 unspecified atom stereocenters. The van der Waals surface area contributed by atoms with Gasteiger partial charge in [0, 0.05) is 30.9 Å². The zero-order valence-corrected chi connectivity index (χ0v) is 10.8. The number of pyridine rings is 1. The summed E-state index contributed by atoms with van der Waals surface area (Å²) in [5, 5.41) is 9.49. The summed E-state index contributed by atoms with van der Waals surface area (Å²) in [6, 6.07) is 3.76. The maximum atomic E-state index is 11.1. The van der Waals surface area contributed by atoms with Crippen LogP contribution in [0.5, 0.6) is 0 Å². The van der Waals surface area contributed by atoms with Gasteiger partial charge in [-0.2, -0.15) is 0 Å². The molecule has 0 aliphatic carbocycles. The van der Waals surface area contributed by atoms with Crippen molar-refractivity contribution in [2.45, 2.75) is 19.4 Å². The molecule has 1 N–H and O–H groups in total. The van der Waals surface area contributed by atoms with Crippen molar-refractivity contribution < 1.29 is 9.90 Å². The Morgan fingerprint density at radius 3 is 3.05 bits per heavy atom. The average Bonchev–Trinajstić information content (AvgIpc) is 2.77. The highest BCUT2D eigenvalue weighted by molar-refractivity contribution is 6.30. The summed E-state index contributed by atoms with van der Waals surface area (Å²) in [4.78, 5) is 19.5. The van der Waals surface area contributed by atoms with Crippen molar-refractivity contribution in [1.29, 1.82) is 0 Å². The second-order valence-corrected chi connectivity index (χ2v) is 4.95. The third-order valence-corrected chi connectivity index (χ3v) is 3.74. The van der Waals surface area contributed by atoms with E-state index < -0.39 is 5.97 Å². The van der Waals surface area contributed by atoms with Gasteiger partial charge in [-0.05, 0) is 18.6 Å². The van der Waals surface area contributed by atoms with Crippen LogP contribution < -0.4 is 0 Å². The predicted molar refractivity (Wildman–Crippen MR) is 69.9 cm³/mol. The minimum atomic E-state index is -0.772. The maximum absolute atomic E-state index is 11.1. The van der Waals surface area contributed by atoms with Gasteiger partial charge in [0.1, 0.15) is 5.82 Å². The van der Waals surface area contributed by atoms with E-state index in [0.717, 1.165) is 17.1 Å². The average molecular weight is 278 g/mol. The van der Waals surface area contributed by atoms with E-state index in [-0.39, 0.29) is 5.92 Å². The highest BCUT2D eigenvalue weighted by Gasteiger charge is 2.29. The van der Waals surface area contributed by atoms with E-state index in [1.807, 2.05) is 16.7 Å². The summed E-state index contributed by atoms with van der Waals surface area (Å²) in [7, 11) is 0. The van der Waals surface area contributed by atoms with Crippen LogP contribution in [0.3, 0.4) is 0 Å². The topological polar surface area (TPSA) is 68.0 Å². The largest absolute Gasteiger partial charge is 0.481 e. The fourth-order valence-electron chi connectivity index (χ4n) is 2.44. The summed E-state index contributed by atoms with van der Waals surface area (Å²) >= 11 is 6.14. The summed E-state index contributed by atoms with van der Waals surface area (Å²) in [6.45, 7) is 0.621. The van der Waals surface area contributed by atoms with Gasteiger partial charge < -0.3 is 9.67 Å². The minimum absolute atomic E-state index is 0.372. The Labute approximate surface area is 114 Å². The SMILES string of the molecule is O=C(O)C1CCn2c(-c3cccnc3)nc(Cl)c2C1. The monoisotopic (exact) mass is 277 g/mol. The smallest absolute Gasteiger partial charge is 0.306 e. The number of rotatable bonds is 2. The van der Waals surface area contributed by atoms with Crippen LogP contribution in [0.25, 0.3) is 11.4 Å². The van der Waals surface area contributed by atoms with Gasteiger partial charge in [0.15, 0.2) is 5.15 Å². The first-order valence-electron chi connectivity index (χ1n) is 6.05. The second kappa shape index (κ2) is 4.66. The number of hydrogen-bond acceptors (Lipinski definition) is 3. The van der Waals surface area contributed by atoms with Gasteiger partial charge in [-0.3, -0.25) is 9.78 Å². The third kappa shape index (κ3) is 2.10. The number of aliphatic carboxylic acids is 1. The van der Waals surface area contributed by atoms with Crippen LogP contribution in [-0.2, 0) is 17.8 Å². The Morgan fingerprint density at radius 1 is 1.53 bits per heavy atom. The molecule has 0 saturated carbocycles. The van der Waals surface area contributed by atoms with Crippen molar-refractivity contribution in [3.8, 4) is 11.4 Å². The molecule has 98 valence electrons. The Hall–Kier alpha value is -1.88. The van der Waals surface area contributed by atoms with Crippen molar-refractivity contribution in [3.63, 3.8) is 0 Å². The second-order valence-electron chi connectivity index (χ2n) is 4.59. The van der Waals surface area contributed by atoms with Crippen LogP contribution in [0.4, 0.5) is 0 Å². The van der Waals surface area contributed by atoms with E-state index in [1.54, 1.807) is 12.4 Å². The van der Waals surface area contributed by atoms with Gasteiger partial charge in [-0.15, -0.1) is 0 Å². The Bertz CT molecular complexity index is 624. The molecule has 0 aromatic carbocycles. The summed E-state index contributed by atoms with van der Waals surface area (Å²) in [5.41, 5.74) is 1.70. The standard InChI is InChI=1S/C13H12ClN3O2/c14-11-10-6-8(13(18)19)3-5-17(10)12(16-11)9-2-1-4-15-7-9/h1-2,4,7-8H,3,5-6H2,(H,18,19). The highest BCUT2D eigenvalue weighted by Crippen LogP contribution is 2.31. The van der Waals surface area contributed by atoms with Gasteiger partial charge in [-0.25, -0.2) is 4.98 Å². The van der Waals surface area contributed by atoms with Crippen LogP contribution in [0.15, 0.2) is 24.5 Å². The van der Waals surface area contributed by atoms with Crippen molar-refractivity contribution in [2.75, 3.05) is 0 Å². The van der Waals surface area contributed by atoms with Crippen LogP contribution in [-0.4, -0.2) is 25.6 Å². The van der Waals surface area contributed by atoms with E-state index in [2.05, 4.69) is 9.97 Å². The molecule has 0 bridgehead atoms. The van der Waals surface area contributed by atoms with Crippen LogP contribution in [0.2, 0.25) is 5.15 Å². The van der Waals surface area contributed by atoms with Crippen LogP contribution in [0, 0.1) is 5.92 Å². The van der Waals surface area contributed by atoms with Crippen molar-refractivity contribution in [2.24, 2.45) is 5.92 Å². The van der Waals surface area contributed by atoms with E-state index >= 15 is 0 Å². The third-order valence-electron chi connectivity index (χ3n) is 3.43. The fraction of sp³-hybridized carbons (Fsp3) is 0.308. The normalized spacial score (nSPS) is 18.1. The first kappa shape index (κ1) is 12.2. The van der Waals surface area contributed by atoms with Gasteiger partial charge >= 0.3 is 5.97 Å². The van der Waals surface area contributed by atoms with Crippen molar-refractivity contribution in [3.05, 3.63) is 35.4 Å². The van der Waals surface area contributed by atoms with Crippen LogP contribution in [0.1, 0.15) is 12.1 Å². The molecule has 0 amide bonds. The molecular formula is C13H12ClN3O2. The quantitative estimate of drug-likeness (QED) is 0.914. The zero-order chi connectivity index (χ0) is 13.4. The Kier molecular flexibility index (Phi) is 2.98. The van der Waals surface area contributed by atoms with E-state index in [1.165, 1.54) is 0 Å². The van der Waals surface area contributed by atoms with E-state index in [4.69, 9.17) is 16.7 Å². The lowest BCUT2D eigenvalue weighted by Gasteiger charge is -2.22. The molecule has 5 nitrogen and oxygen atoms in total. The molecule has 0 spiro atoms. The molecule has 1 atom stereocenters. The van der Waals surface area contributed by atoms with Crippen molar-refractivity contribution in [1.82, 2.24) is 14.5 Å². The maximum Gasteiger partial charge on any atom is 0.306 e. The van der Waals surface area contributed by atoms with Gasteiger partial charge in [0.2, 0.25) is 0 Å². The summed E-state index contributed by atoms with van der Waals surface area (Å²) < 4.78 is 2.00. The lowest BCUT2D eigenvalue weighted by molar-refractivity contribution is -0.142. The number of nitrogens with zero attached hydrogens (tertiary/aromatic N) is 3. The van der Waals surface area contributed by atoms with Crippen molar-refractivity contribution >= 4 is 17.6 Å². The number of fused-ring (bicyclic) bond motifs is 1. The van der Waals surface area contributed by atoms with Gasteiger partial charge in [0.25, 0.3) is 0 Å². The molecule has 0 radical (unpaired) electrons. The molecule has 3 heterocycles. The van der Waals surface area contributed by atoms with Gasteiger partial charge in [0.05, 0.1) is 11.6 Å². The Morgan fingerprint density at radius 2 is 2.37 bits per heavy atom. The summed E-state index contributed by atoms with van der Waals surface area (Å²) in [5.74, 6) is -0.383. The summed E-state index contributed by atoms with van der Waals surface area (Å²) in [6.07, 6.45) is 4.46. The molecule has 19 heavy (non-hydrogen) atoms. The minimum Gasteiger partial charge on any atom is -0.481 e. The molecule has 0 saturated heterocycles. The number of carboxylic acids is 1. The zero-order valence-electron chi connectivity index (χ0n) is 10.1. The number of hydrogen-bond donors (Lipinski definition) is 1. The first-order valence-corrected chi connectivity index (χ1v) is 6.42. The number of aromatic nitrogens is 3. The first-order chi connectivity index (χ1) is 9.16.